The molecule has 2 atom stereocenters. The topological polar surface area (TPSA) is 79.3 Å². The first kappa shape index (κ1) is 14.0. The lowest BCUT2D eigenvalue weighted by atomic mass is 9.95. The van der Waals surface area contributed by atoms with Crippen molar-refractivity contribution in [3.8, 4) is 0 Å². The predicted molar refractivity (Wildman–Crippen MR) is 73.3 cm³/mol. The van der Waals surface area contributed by atoms with Gasteiger partial charge in [0.05, 0.1) is 17.5 Å². The quantitative estimate of drug-likeness (QED) is 0.889. The molecule has 19 heavy (non-hydrogen) atoms. The second-order valence-corrected chi connectivity index (χ2v) is 6.05. The van der Waals surface area contributed by atoms with Gasteiger partial charge in [0.1, 0.15) is 0 Å². The van der Waals surface area contributed by atoms with E-state index in [1.165, 1.54) is 11.3 Å². The van der Waals surface area contributed by atoms with Crippen LogP contribution in [-0.2, 0) is 16.0 Å². The van der Waals surface area contributed by atoms with Gasteiger partial charge in [0.2, 0.25) is 5.91 Å². The molecular formula is C13H18N2O3S. The third kappa shape index (κ3) is 2.94. The molecule has 1 aromatic rings. The molecule has 1 fully saturated rings. The number of hydrogen-bond acceptors (Lipinski definition) is 4. The number of rotatable bonds is 4. The molecule has 1 heterocycles. The molecule has 1 amide bonds. The number of aromatic nitrogens is 1. The molecule has 104 valence electrons. The van der Waals surface area contributed by atoms with Crippen molar-refractivity contribution in [2.75, 3.05) is 5.32 Å². The van der Waals surface area contributed by atoms with Crippen LogP contribution in [0.15, 0.2) is 0 Å². The van der Waals surface area contributed by atoms with Gasteiger partial charge in [-0.25, -0.2) is 4.98 Å². The highest BCUT2D eigenvalue weighted by Crippen LogP contribution is 2.33. The lowest BCUT2D eigenvalue weighted by molar-refractivity contribution is -0.145. The van der Waals surface area contributed by atoms with Crippen LogP contribution in [-0.4, -0.2) is 22.0 Å². The smallest absolute Gasteiger partial charge is 0.307 e. The maximum absolute atomic E-state index is 12.1. The average Bonchev–Trinajstić information content (AvgIpc) is 2.95. The van der Waals surface area contributed by atoms with E-state index in [0.717, 1.165) is 23.4 Å². The van der Waals surface area contributed by atoms with E-state index in [0.29, 0.717) is 18.0 Å². The van der Waals surface area contributed by atoms with Crippen molar-refractivity contribution in [2.45, 2.75) is 39.5 Å². The van der Waals surface area contributed by atoms with Gasteiger partial charge in [-0.05, 0) is 26.2 Å². The minimum absolute atomic E-state index is 0.207. The standard InChI is InChI=1S/C13H18N2O3S/c1-3-10-7(2)19-13(14-10)15-11(16)8-5-4-6-9(8)12(17)18/h8-9H,3-6H2,1-2H3,(H,17,18)(H,14,15,16). The summed E-state index contributed by atoms with van der Waals surface area (Å²) in [5, 5.41) is 12.4. The lowest BCUT2D eigenvalue weighted by Gasteiger charge is -2.14. The van der Waals surface area contributed by atoms with Crippen LogP contribution in [0, 0.1) is 18.8 Å². The fraction of sp³-hybridized carbons (Fsp3) is 0.615. The Labute approximate surface area is 116 Å². The zero-order valence-corrected chi connectivity index (χ0v) is 11.9. The van der Waals surface area contributed by atoms with E-state index in [-0.39, 0.29) is 5.91 Å². The fourth-order valence-corrected chi connectivity index (χ4v) is 3.48. The van der Waals surface area contributed by atoms with Crippen LogP contribution in [0.3, 0.4) is 0 Å². The van der Waals surface area contributed by atoms with Crippen molar-refractivity contribution in [1.82, 2.24) is 4.98 Å². The summed E-state index contributed by atoms with van der Waals surface area (Å²) < 4.78 is 0. The van der Waals surface area contributed by atoms with Crippen molar-refractivity contribution in [2.24, 2.45) is 11.8 Å². The van der Waals surface area contributed by atoms with Gasteiger partial charge in [-0.2, -0.15) is 0 Å². The van der Waals surface area contributed by atoms with Gasteiger partial charge in [0.25, 0.3) is 0 Å². The molecule has 2 rings (SSSR count). The molecule has 0 bridgehead atoms. The number of carboxylic acid groups (broad SMARTS) is 1. The summed E-state index contributed by atoms with van der Waals surface area (Å²) >= 11 is 1.45. The molecular weight excluding hydrogens is 264 g/mol. The largest absolute Gasteiger partial charge is 0.481 e. The van der Waals surface area contributed by atoms with Crippen LogP contribution >= 0.6 is 11.3 Å². The van der Waals surface area contributed by atoms with Crippen molar-refractivity contribution in [1.29, 1.82) is 0 Å². The van der Waals surface area contributed by atoms with Crippen molar-refractivity contribution in [3.05, 3.63) is 10.6 Å². The van der Waals surface area contributed by atoms with E-state index in [9.17, 15) is 9.59 Å². The number of hydrogen-bond donors (Lipinski definition) is 2. The van der Waals surface area contributed by atoms with Crippen LogP contribution in [0.2, 0.25) is 0 Å². The number of carbonyl (C=O) groups excluding carboxylic acids is 1. The molecule has 1 saturated carbocycles. The van der Waals surface area contributed by atoms with Gasteiger partial charge in [-0.15, -0.1) is 11.3 Å². The molecule has 1 aliphatic carbocycles. The Morgan fingerprint density at radius 2 is 2.11 bits per heavy atom. The summed E-state index contributed by atoms with van der Waals surface area (Å²) in [5.74, 6) is -2.05. The summed E-state index contributed by atoms with van der Waals surface area (Å²) in [6, 6.07) is 0. The number of aryl methyl sites for hydroxylation is 2. The van der Waals surface area contributed by atoms with E-state index in [1.807, 2.05) is 13.8 Å². The zero-order valence-electron chi connectivity index (χ0n) is 11.1. The highest BCUT2D eigenvalue weighted by molar-refractivity contribution is 7.15. The minimum atomic E-state index is -0.873. The molecule has 6 heteroatoms. The van der Waals surface area contributed by atoms with Gasteiger partial charge < -0.3 is 10.4 Å². The molecule has 0 aromatic carbocycles. The van der Waals surface area contributed by atoms with Gasteiger partial charge in [-0.3, -0.25) is 9.59 Å². The molecule has 2 N–H and O–H groups in total. The number of nitrogens with one attached hydrogen (secondary N) is 1. The summed E-state index contributed by atoms with van der Waals surface area (Å²) in [7, 11) is 0. The highest BCUT2D eigenvalue weighted by Gasteiger charge is 2.37. The Hall–Kier alpha value is -1.43. The van der Waals surface area contributed by atoms with Gasteiger partial charge in [0, 0.05) is 4.88 Å². The SMILES string of the molecule is CCc1nc(NC(=O)C2CCCC2C(=O)O)sc1C. The maximum Gasteiger partial charge on any atom is 0.307 e. The van der Waals surface area contributed by atoms with Crippen LogP contribution < -0.4 is 5.32 Å². The monoisotopic (exact) mass is 282 g/mol. The Balaban J connectivity index is 2.06. The first-order valence-electron chi connectivity index (χ1n) is 6.53. The first-order chi connectivity index (χ1) is 9.02. The Bertz CT molecular complexity index is 498. The number of aliphatic carboxylic acids is 1. The van der Waals surface area contributed by atoms with E-state index < -0.39 is 17.8 Å². The van der Waals surface area contributed by atoms with Crippen LogP contribution in [0.5, 0.6) is 0 Å². The summed E-state index contributed by atoms with van der Waals surface area (Å²) in [6.45, 7) is 3.99. The van der Waals surface area contributed by atoms with Crippen LogP contribution in [0.25, 0.3) is 0 Å². The van der Waals surface area contributed by atoms with Crippen molar-refractivity contribution in [3.63, 3.8) is 0 Å². The predicted octanol–water partition coefficient (Wildman–Crippen LogP) is 2.45. The summed E-state index contributed by atoms with van der Waals surface area (Å²) in [4.78, 5) is 28.7. The second kappa shape index (κ2) is 5.69. The third-order valence-electron chi connectivity index (χ3n) is 3.63. The summed E-state index contributed by atoms with van der Waals surface area (Å²) in [5.41, 5.74) is 0.988. The van der Waals surface area contributed by atoms with Gasteiger partial charge in [-0.1, -0.05) is 13.3 Å². The zero-order chi connectivity index (χ0) is 14.0. The maximum atomic E-state index is 12.1. The van der Waals surface area contributed by atoms with E-state index >= 15 is 0 Å². The Morgan fingerprint density at radius 3 is 2.68 bits per heavy atom. The van der Waals surface area contributed by atoms with Crippen molar-refractivity contribution >= 4 is 28.3 Å². The fourth-order valence-electron chi connectivity index (χ4n) is 2.58. The highest BCUT2D eigenvalue weighted by atomic mass is 32.1. The third-order valence-corrected chi connectivity index (χ3v) is 4.56. The number of nitrogens with zero attached hydrogens (tertiary/aromatic N) is 1. The molecule has 0 aliphatic heterocycles. The average molecular weight is 282 g/mol. The second-order valence-electron chi connectivity index (χ2n) is 4.85. The Morgan fingerprint density at radius 1 is 1.42 bits per heavy atom. The summed E-state index contributed by atoms with van der Waals surface area (Å²) in [6.07, 6.45) is 2.86. The number of anilines is 1. The van der Waals surface area contributed by atoms with Gasteiger partial charge >= 0.3 is 5.97 Å². The number of carbonyl (C=O) groups is 2. The number of carboxylic acids is 1. The molecule has 5 nitrogen and oxygen atoms in total. The number of thiazole rings is 1. The molecule has 1 aliphatic rings. The molecule has 0 spiro atoms. The normalized spacial score (nSPS) is 22.4. The van der Waals surface area contributed by atoms with Crippen LogP contribution in [0.1, 0.15) is 36.8 Å². The number of amides is 1. The van der Waals surface area contributed by atoms with E-state index in [4.69, 9.17) is 5.11 Å². The van der Waals surface area contributed by atoms with E-state index in [2.05, 4.69) is 10.3 Å². The molecule has 1 aromatic heterocycles. The molecule has 2 unspecified atom stereocenters. The minimum Gasteiger partial charge on any atom is -0.481 e. The molecule has 0 radical (unpaired) electrons. The first-order valence-corrected chi connectivity index (χ1v) is 7.34. The van der Waals surface area contributed by atoms with Crippen LogP contribution in [0.4, 0.5) is 5.13 Å². The molecule has 0 saturated heterocycles. The van der Waals surface area contributed by atoms with Gasteiger partial charge in [0.15, 0.2) is 5.13 Å². The lowest BCUT2D eigenvalue weighted by Crippen LogP contribution is -2.29. The van der Waals surface area contributed by atoms with Crippen molar-refractivity contribution < 1.29 is 14.7 Å². The van der Waals surface area contributed by atoms with E-state index in [1.54, 1.807) is 0 Å². The Kier molecular flexibility index (Phi) is 4.19.